The van der Waals surface area contributed by atoms with Crippen molar-refractivity contribution >= 4 is 6.29 Å². The number of aromatic nitrogens is 1. The Morgan fingerprint density at radius 2 is 1.89 bits per heavy atom. The van der Waals surface area contributed by atoms with Crippen molar-refractivity contribution < 1.29 is 23.1 Å². The van der Waals surface area contributed by atoms with E-state index in [1.807, 2.05) is 0 Å². The molecule has 98 valence electrons. The Hall–Kier alpha value is -2.37. The molecular formula is C13H8F3NO2. The van der Waals surface area contributed by atoms with E-state index in [1.165, 1.54) is 18.2 Å². The summed E-state index contributed by atoms with van der Waals surface area (Å²) in [6, 6.07) is 5.53. The van der Waals surface area contributed by atoms with Gasteiger partial charge in [-0.15, -0.1) is 0 Å². The highest BCUT2D eigenvalue weighted by Gasteiger charge is 2.30. The summed E-state index contributed by atoms with van der Waals surface area (Å²) in [7, 11) is 0. The third-order valence-electron chi connectivity index (χ3n) is 2.46. The molecule has 1 N–H and O–H groups in total. The largest absolute Gasteiger partial charge is 0.508 e. The van der Waals surface area contributed by atoms with Crippen LogP contribution >= 0.6 is 0 Å². The van der Waals surface area contributed by atoms with E-state index in [9.17, 15) is 23.1 Å². The third-order valence-corrected chi connectivity index (χ3v) is 2.46. The van der Waals surface area contributed by atoms with Crippen molar-refractivity contribution in [3.8, 4) is 17.0 Å². The van der Waals surface area contributed by atoms with Crippen molar-refractivity contribution in [2.24, 2.45) is 0 Å². The lowest BCUT2D eigenvalue weighted by molar-refractivity contribution is -0.137. The van der Waals surface area contributed by atoms with E-state index in [0.29, 0.717) is 6.29 Å². The molecule has 3 nitrogen and oxygen atoms in total. The highest BCUT2D eigenvalue weighted by Crippen LogP contribution is 2.32. The maximum absolute atomic E-state index is 12.6. The lowest BCUT2D eigenvalue weighted by Gasteiger charge is -2.08. The molecule has 0 unspecified atom stereocenters. The Morgan fingerprint density at radius 1 is 1.16 bits per heavy atom. The van der Waals surface area contributed by atoms with Gasteiger partial charge in [-0.3, -0.25) is 9.78 Å². The SMILES string of the molecule is O=Cc1cc(O)cc(-c2cc(C(F)(F)F)ccn2)c1. The number of alkyl halides is 3. The molecule has 6 heteroatoms. The summed E-state index contributed by atoms with van der Waals surface area (Å²) in [5.41, 5.74) is -0.398. The Balaban J connectivity index is 2.53. The number of phenols is 1. The number of nitrogens with zero attached hydrogens (tertiary/aromatic N) is 1. The van der Waals surface area contributed by atoms with Crippen LogP contribution in [0.2, 0.25) is 0 Å². The molecule has 0 aliphatic heterocycles. The van der Waals surface area contributed by atoms with Gasteiger partial charge in [0.15, 0.2) is 0 Å². The van der Waals surface area contributed by atoms with Gasteiger partial charge in [-0.2, -0.15) is 13.2 Å². The van der Waals surface area contributed by atoms with Crippen LogP contribution in [0.1, 0.15) is 15.9 Å². The molecule has 0 fully saturated rings. The van der Waals surface area contributed by atoms with E-state index < -0.39 is 11.7 Å². The third kappa shape index (κ3) is 2.90. The number of aromatic hydroxyl groups is 1. The summed E-state index contributed by atoms with van der Waals surface area (Å²) in [5.74, 6) is -0.209. The van der Waals surface area contributed by atoms with Gasteiger partial charge >= 0.3 is 6.18 Å². The maximum Gasteiger partial charge on any atom is 0.416 e. The second kappa shape index (κ2) is 4.72. The molecule has 0 radical (unpaired) electrons. The fourth-order valence-corrected chi connectivity index (χ4v) is 1.62. The van der Waals surface area contributed by atoms with Gasteiger partial charge < -0.3 is 5.11 Å². The number of pyridine rings is 1. The topological polar surface area (TPSA) is 50.2 Å². The minimum absolute atomic E-state index is 0.0359. The minimum Gasteiger partial charge on any atom is -0.508 e. The molecule has 2 rings (SSSR count). The lowest BCUT2D eigenvalue weighted by atomic mass is 10.1. The number of benzene rings is 1. The van der Waals surface area contributed by atoms with Gasteiger partial charge in [-0.25, -0.2) is 0 Å². The minimum atomic E-state index is -4.47. The van der Waals surface area contributed by atoms with Gasteiger partial charge in [0.1, 0.15) is 12.0 Å². The quantitative estimate of drug-likeness (QED) is 0.849. The van der Waals surface area contributed by atoms with Crippen LogP contribution in [0.15, 0.2) is 36.5 Å². The van der Waals surface area contributed by atoms with Crippen LogP contribution in [0.5, 0.6) is 5.75 Å². The number of hydrogen-bond acceptors (Lipinski definition) is 3. The molecular weight excluding hydrogens is 259 g/mol. The van der Waals surface area contributed by atoms with Gasteiger partial charge in [0, 0.05) is 17.3 Å². The van der Waals surface area contributed by atoms with Crippen LogP contribution in [0.25, 0.3) is 11.3 Å². The second-order valence-electron chi connectivity index (χ2n) is 3.86. The standard InChI is InChI=1S/C13H8F3NO2/c14-13(15,16)10-1-2-17-12(6-10)9-3-8(7-18)4-11(19)5-9/h1-7,19H. The zero-order chi connectivity index (χ0) is 14.0. The van der Waals surface area contributed by atoms with E-state index in [-0.39, 0.29) is 22.6 Å². The molecule has 0 saturated carbocycles. The average molecular weight is 267 g/mol. The summed E-state index contributed by atoms with van der Waals surface area (Å²) in [5, 5.41) is 9.41. The van der Waals surface area contributed by atoms with Crippen LogP contribution in [0, 0.1) is 0 Å². The van der Waals surface area contributed by atoms with E-state index in [4.69, 9.17) is 0 Å². The molecule has 0 bridgehead atoms. The lowest BCUT2D eigenvalue weighted by Crippen LogP contribution is -2.05. The van der Waals surface area contributed by atoms with Crippen LogP contribution in [-0.2, 0) is 6.18 Å². The first-order chi connectivity index (χ1) is 8.90. The van der Waals surface area contributed by atoms with Gasteiger partial charge in [-0.05, 0) is 30.3 Å². The summed E-state index contributed by atoms with van der Waals surface area (Å²) < 4.78 is 37.7. The first-order valence-electron chi connectivity index (χ1n) is 5.23. The fraction of sp³-hybridized carbons (Fsp3) is 0.0769. The number of carbonyl (C=O) groups is 1. The number of aldehydes is 1. The summed E-state index contributed by atoms with van der Waals surface area (Å²) >= 11 is 0. The van der Waals surface area contributed by atoms with E-state index in [0.717, 1.165) is 18.3 Å². The zero-order valence-electron chi connectivity index (χ0n) is 9.48. The maximum atomic E-state index is 12.6. The van der Waals surface area contributed by atoms with Gasteiger partial charge in [0.05, 0.1) is 11.3 Å². The highest BCUT2D eigenvalue weighted by atomic mass is 19.4. The molecule has 1 aromatic carbocycles. The van der Waals surface area contributed by atoms with Crippen molar-refractivity contribution in [2.75, 3.05) is 0 Å². The van der Waals surface area contributed by atoms with Crippen molar-refractivity contribution in [1.29, 1.82) is 0 Å². The monoisotopic (exact) mass is 267 g/mol. The molecule has 19 heavy (non-hydrogen) atoms. The first kappa shape index (κ1) is 13.1. The summed E-state index contributed by atoms with van der Waals surface area (Å²) in [6.45, 7) is 0. The number of phenolic OH excluding ortho intramolecular Hbond substituents is 1. The van der Waals surface area contributed by atoms with Crippen molar-refractivity contribution in [3.63, 3.8) is 0 Å². The Morgan fingerprint density at radius 3 is 2.53 bits per heavy atom. The highest BCUT2D eigenvalue weighted by molar-refractivity contribution is 5.79. The van der Waals surface area contributed by atoms with Gasteiger partial charge in [0.25, 0.3) is 0 Å². The molecule has 0 spiro atoms. The van der Waals surface area contributed by atoms with E-state index in [2.05, 4.69) is 4.98 Å². The fourth-order valence-electron chi connectivity index (χ4n) is 1.62. The van der Waals surface area contributed by atoms with Crippen LogP contribution in [0.3, 0.4) is 0 Å². The number of carbonyl (C=O) groups excluding carboxylic acids is 1. The predicted molar refractivity (Wildman–Crippen MR) is 61.7 cm³/mol. The van der Waals surface area contributed by atoms with Crippen LogP contribution in [0.4, 0.5) is 13.2 Å². The van der Waals surface area contributed by atoms with Gasteiger partial charge in [0.2, 0.25) is 0 Å². The average Bonchev–Trinajstić information content (AvgIpc) is 2.37. The van der Waals surface area contributed by atoms with Gasteiger partial charge in [-0.1, -0.05) is 0 Å². The normalized spacial score (nSPS) is 11.3. The van der Waals surface area contributed by atoms with Crippen LogP contribution in [-0.4, -0.2) is 16.4 Å². The summed E-state index contributed by atoms with van der Waals surface area (Å²) in [6.07, 6.45) is -2.94. The predicted octanol–water partition coefficient (Wildman–Crippen LogP) is 3.29. The summed E-state index contributed by atoms with van der Waals surface area (Å²) in [4.78, 5) is 14.5. The molecule has 0 aliphatic carbocycles. The number of halogens is 3. The Bertz CT molecular complexity index is 624. The molecule has 0 amide bonds. The molecule has 0 saturated heterocycles. The number of hydrogen-bond donors (Lipinski definition) is 1. The van der Waals surface area contributed by atoms with Crippen molar-refractivity contribution in [3.05, 3.63) is 47.7 Å². The molecule has 2 aromatic rings. The van der Waals surface area contributed by atoms with E-state index in [1.54, 1.807) is 0 Å². The molecule has 0 aliphatic rings. The van der Waals surface area contributed by atoms with Crippen molar-refractivity contribution in [1.82, 2.24) is 4.98 Å². The Labute approximate surface area is 106 Å². The van der Waals surface area contributed by atoms with Crippen LogP contribution < -0.4 is 0 Å². The second-order valence-corrected chi connectivity index (χ2v) is 3.86. The smallest absolute Gasteiger partial charge is 0.416 e. The molecule has 1 aromatic heterocycles. The molecule has 1 heterocycles. The van der Waals surface area contributed by atoms with Crippen molar-refractivity contribution in [2.45, 2.75) is 6.18 Å². The van der Waals surface area contributed by atoms with E-state index >= 15 is 0 Å². The Kier molecular flexibility index (Phi) is 3.25. The molecule has 0 atom stereocenters. The number of rotatable bonds is 2. The zero-order valence-corrected chi connectivity index (χ0v) is 9.48. The first-order valence-corrected chi connectivity index (χ1v) is 5.23.